The van der Waals surface area contributed by atoms with Crippen LogP contribution in [0, 0.1) is 0 Å². The van der Waals surface area contributed by atoms with E-state index in [4.69, 9.17) is 0 Å². The lowest BCUT2D eigenvalue weighted by Gasteiger charge is -2.27. The average Bonchev–Trinajstić information content (AvgIpc) is 3.01. The number of anilines is 1. The first kappa shape index (κ1) is 13.2. The quantitative estimate of drug-likeness (QED) is 0.906. The van der Waals surface area contributed by atoms with E-state index in [9.17, 15) is 4.79 Å². The number of benzene rings is 1. The van der Waals surface area contributed by atoms with Crippen molar-refractivity contribution >= 4 is 22.9 Å². The number of fused-ring (bicyclic) bond motifs is 1. The fourth-order valence-electron chi connectivity index (χ4n) is 2.66. The van der Waals surface area contributed by atoms with E-state index in [2.05, 4.69) is 22.1 Å². The largest absolute Gasteiger partial charge is 0.385 e. The summed E-state index contributed by atoms with van der Waals surface area (Å²) in [5.41, 5.74) is 3.36. The van der Waals surface area contributed by atoms with Crippen molar-refractivity contribution in [3.63, 3.8) is 0 Å². The highest BCUT2D eigenvalue weighted by Gasteiger charge is 2.27. The van der Waals surface area contributed by atoms with Gasteiger partial charge < -0.3 is 10.6 Å². The van der Waals surface area contributed by atoms with Gasteiger partial charge in [0.15, 0.2) is 0 Å². The Balaban J connectivity index is 1.75. The zero-order valence-corrected chi connectivity index (χ0v) is 12.2. The van der Waals surface area contributed by atoms with Gasteiger partial charge in [-0.2, -0.15) is 11.3 Å². The normalized spacial score (nSPS) is 18.8. The molecule has 0 bridgehead atoms. The molecular weight excluding hydrogens is 268 g/mol. The van der Waals surface area contributed by atoms with Gasteiger partial charge in [-0.15, -0.1) is 0 Å². The standard InChI is InChI=1S/C16H18N2OS/c1-11(12-7-9-20-10-12)18-16(19)14-6-8-17-15-5-3-2-4-13(14)15/h2-5,7,9-11,14,17H,6,8H2,1H3,(H,18,19). The molecule has 1 aliphatic rings. The van der Waals surface area contributed by atoms with Crippen LogP contribution in [0.1, 0.15) is 36.4 Å². The van der Waals surface area contributed by atoms with Crippen LogP contribution in [0.4, 0.5) is 5.69 Å². The first-order valence-corrected chi connectivity index (χ1v) is 7.85. The number of thiophene rings is 1. The van der Waals surface area contributed by atoms with Gasteiger partial charge in [0.25, 0.3) is 0 Å². The molecule has 0 radical (unpaired) electrons. The summed E-state index contributed by atoms with van der Waals surface area (Å²) >= 11 is 1.66. The van der Waals surface area contributed by atoms with Crippen molar-refractivity contribution in [2.75, 3.05) is 11.9 Å². The molecule has 20 heavy (non-hydrogen) atoms. The molecule has 2 atom stereocenters. The molecule has 3 nitrogen and oxygen atoms in total. The van der Waals surface area contributed by atoms with Crippen LogP contribution < -0.4 is 10.6 Å². The van der Waals surface area contributed by atoms with Crippen molar-refractivity contribution in [3.05, 3.63) is 52.2 Å². The maximum atomic E-state index is 12.5. The van der Waals surface area contributed by atoms with Gasteiger partial charge in [0.05, 0.1) is 12.0 Å². The molecule has 1 amide bonds. The van der Waals surface area contributed by atoms with Crippen LogP contribution in [0.5, 0.6) is 0 Å². The molecule has 4 heteroatoms. The van der Waals surface area contributed by atoms with Crippen LogP contribution >= 0.6 is 11.3 Å². The summed E-state index contributed by atoms with van der Waals surface area (Å²) in [6.07, 6.45) is 0.846. The van der Waals surface area contributed by atoms with Crippen LogP contribution in [-0.2, 0) is 4.79 Å². The molecule has 1 aromatic heterocycles. The van der Waals surface area contributed by atoms with E-state index in [-0.39, 0.29) is 17.9 Å². The second-order valence-corrected chi connectivity index (χ2v) is 5.92. The van der Waals surface area contributed by atoms with Gasteiger partial charge in [-0.3, -0.25) is 4.79 Å². The SMILES string of the molecule is CC(NC(=O)C1CCNc2ccccc21)c1ccsc1. The van der Waals surface area contributed by atoms with E-state index in [1.807, 2.05) is 36.6 Å². The second-order valence-electron chi connectivity index (χ2n) is 5.14. The lowest BCUT2D eigenvalue weighted by Crippen LogP contribution is -2.34. The molecule has 3 rings (SSSR count). The Labute approximate surface area is 123 Å². The van der Waals surface area contributed by atoms with Crippen LogP contribution in [-0.4, -0.2) is 12.5 Å². The number of amides is 1. The van der Waals surface area contributed by atoms with Gasteiger partial charge in [-0.05, 0) is 47.4 Å². The molecule has 104 valence electrons. The van der Waals surface area contributed by atoms with Gasteiger partial charge in [0, 0.05) is 12.2 Å². The summed E-state index contributed by atoms with van der Waals surface area (Å²) in [5.74, 6) is 0.0752. The topological polar surface area (TPSA) is 41.1 Å². The number of nitrogens with one attached hydrogen (secondary N) is 2. The van der Waals surface area contributed by atoms with E-state index in [1.54, 1.807) is 11.3 Å². The molecule has 2 N–H and O–H groups in total. The van der Waals surface area contributed by atoms with Gasteiger partial charge >= 0.3 is 0 Å². The number of para-hydroxylation sites is 1. The van der Waals surface area contributed by atoms with Crippen molar-refractivity contribution in [2.45, 2.75) is 25.3 Å². The third kappa shape index (κ3) is 2.56. The molecule has 0 saturated heterocycles. The maximum absolute atomic E-state index is 12.5. The highest BCUT2D eigenvalue weighted by molar-refractivity contribution is 7.07. The smallest absolute Gasteiger partial charge is 0.228 e. The highest BCUT2D eigenvalue weighted by atomic mass is 32.1. The maximum Gasteiger partial charge on any atom is 0.228 e. The summed E-state index contributed by atoms with van der Waals surface area (Å²) in [4.78, 5) is 12.5. The van der Waals surface area contributed by atoms with Gasteiger partial charge in [-0.25, -0.2) is 0 Å². The number of rotatable bonds is 3. The van der Waals surface area contributed by atoms with Gasteiger partial charge in [-0.1, -0.05) is 18.2 Å². The van der Waals surface area contributed by atoms with Crippen LogP contribution in [0.3, 0.4) is 0 Å². The molecule has 2 aromatic rings. The van der Waals surface area contributed by atoms with Gasteiger partial charge in [0.1, 0.15) is 0 Å². The first-order chi connectivity index (χ1) is 9.75. The molecule has 2 heterocycles. The second kappa shape index (κ2) is 5.67. The lowest BCUT2D eigenvalue weighted by molar-refractivity contribution is -0.123. The summed E-state index contributed by atoms with van der Waals surface area (Å²) in [6.45, 7) is 2.88. The average molecular weight is 286 g/mol. The minimum Gasteiger partial charge on any atom is -0.385 e. The molecule has 0 aliphatic carbocycles. The van der Waals surface area contributed by atoms with E-state index in [0.717, 1.165) is 24.2 Å². The minimum atomic E-state index is -0.0477. The van der Waals surface area contributed by atoms with E-state index in [0.29, 0.717) is 0 Å². The van der Waals surface area contributed by atoms with Crippen molar-refractivity contribution in [1.29, 1.82) is 0 Å². The Morgan fingerprint density at radius 2 is 2.25 bits per heavy atom. The highest BCUT2D eigenvalue weighted by Crippen LogP contribution is 2.32. The summed E-state index contributed by atoms with van der Waals surface area (Å²) in [5, 5.41) is 10.6. The molecule has 1 aliphatic heterocycles. The van der Waals surface area contributed by atoms with Crippen molar-refractivity contribution < 1.29 is 4.79 Å². The Hall–Kier alpha value is -1.81. The van der Waals surface area contributed by atoms with E-state index >= 15 is 0 Å². The predicted octanol–water partition coefficient (Wildman–Crippen LogP) is 3.52. The van der Waals surface area contributed by atoms with Crippen molar-refractivity contribution in [2.24, 2.45) is 0 Å². The Morgan fingerprint density at radius 3 is 3.05 bits per heavy atom. The molecule has 0 saturated carbocycles. The molecular formula is C16H18N2OS. The van der Waals surface area contributed by atoms with Crippen LogP contribution in [0.2, 0.25) is 0 Å². The van der Waals surface area contributed by atoms with Crippen molar-refractivity contribution in [1.82, 2.24) is 5.32 Å². The van der Waals surface area contributed by atoms with Crippen LogP contribution in [0.25, 0.3) is 0 Å². The zero-order chi connectivity index (χ0) is 13.9. The summed E-state index contributed by atoms with van der Waals surface area (Å²) < 4.78 is 0. The number of carbonyl (C=O) groups is 1. The first-order valence-electron chi connectivity index (χ1n) is 6.91. The summed E-state index contributed by atoms with van der Waals surface area (Å²) in [7, 11) is 0. The lowest BCUT2D eigenvalue weighted by atomic mass is 9.90. The monoisotopic (exact) mass is 286 g/mol. The zero-order valence-electron chi connectivity index (χ0n) is 11.4. The van der Waals surface area contributed by atoms with Crippen LogP contribution in [0.15, 0.2) is 41.1 Å². The fourth-order valence-corrected chi connectivity index (χ4v) is 3.41. The van der Waals surface area contributed by atoms with Gasteiger partial charge in [0.2, 0.25) is 5.91 Å². The molecule has 0 spiro atoms. The number of carbonyl (C=O) groups excluding carboxylic acids is 1. The number of hydrogen-bond acceptors (Lipinski definition) is 3. The number of hydrogen-bond donors (Lipinski definition) is 2. The van der Waals surface area contributed by atoms with E-state index < -0.39 is 0 Å². The molecule has 2 unspecified atom stereocenters. The van der Waals surface area contributed by atoms with Crippen molar-refractivity contribution in [3.8, 4) is 0 Å². The third-order valence-electron chi connectivity index (χ3n) is 3.80. The third-order valence-corrected chi connectivity index (χ3v) is 4.50. The Bertz CT molecular complexity index is 594. The van der Waals surface area contributed by atoms with E-state index in [1.165, 1.54) is 5.56 Å². The molecule has 0 fully saturated rings. The fraction of sp³-hybridized carbons (Fsp3) is 0.312. The predicted molar refractivity (Wildman–Crippen MR) is 83.2 cm³/mol. The minimum absolute atomic E-state index is 0.0477. The Morgan fingerprint density at radius 1 is 1.40 bits per heavy atom. The Kier molecular flexibility index (Phi) is 3.74. The molecule has 1 aromatic carbocycles. The summed E-state index contributed by atoms with van der Waals surface area (Å²) in [6, 6.07) is 10.2.